The van der Waals surface area contributed by atoms with Gasteiger partial charge in [0, 0.05) is 10.1 Å². The van der Waals surface area contributed by atoms with Gasteiger partial charge in [0.2, 0.25) is 0 Å². The van der Waals surface area contributed by atoms with Crippen molar-refractivity contribution in [3.63, 3.8) is 0 Å². The maximum Gasteiger partial charge on any atom is 0.0349 e. The third-order valence-electron chi connectivity index (χ3n) is 7.54. The molecule has 34 heavy (non-hydrogen) atoms. The molecule has 0 atom stereocenters. The van der Waals surface area contributed by atoms with Gasteiger partial charge < -0.3 is 0 Å². The van der Waals surface area contributed by atoms with Crippen molar-refractivity contribution in [3.8, 4) is 0 Å². The minimum absolute atomic E-state index is 1.21. The highest BCUT2D eigenvalue weighted by atomic mass is 32.1. The molecule has 0 N–H and O–H groups in total. The van der Waals surface area contributed by atoms with Crippen molar-refractivity contribution < 1.29 is 0 Å². The Balaban J connectivity index is 1.19. The molecule has 1 heterocycles. The smallest absolute Gasteiger partial charge is 0.0349 e. The van der Waals surface area contributed by atoms with Gasteiger partial charge in [0.25, 0.3) is 0 Å². The van der Waals surface area contributed by atoms with Crippen LogP contribution in [0.4, 0.5) is 0 Å². The Kier molecular flexibility index (Phi) is 7.81. The van der Waals surface area contributed by atoms with E-state index in [0.717, 1.165) is 0 Å². The van der Waals surface area contributed by atoms with E-state index >= 15 is 0 Å². The Morgan fingerprint density at radius 1 is 0.500 bits per heavy atom. The highest BCUT2D eigenvalue weighted by Gasteiger charge is 2.07. The van der Waals surface area contributed by atoms with Crippen LogP contribution in [0.25, 0.3) is 42.4 Å². The molecule has 0 unspecified atom stereocenters. The maximum absolute atomic E-state index is 2.43. The topological polar surface area (TPSA) is 0 Å². The van der Waals surface area contributed by atoms with Crippen molar-refractivity contribution in [2.24, 2.45) is 0 Å². The first-order chi connectivity index (χ1) is 16.8. The van der Waals surface area contributed by atoms with Crippen LogP contribution in [0.1, 0.15) is 83.1 Å². The summed E-state index contributed by atoms with van der Waals surface area (Å²) in [5.74, 6) is 0. The molecule has 0 aliphatic rings. The summed E-state index contributed by atoms with van der Waals surface area (Å²) in [4.78, 5) is 0. The number of hydrogen-bond acceptors (Lipinski definition) is 1. The minimum atomic E-state index is 1.21. The van der Waals surface area contributed by atoms with Gasteiger partial charge in [0.1, 0.15) is 0 Å². The van der Waals surface area contributed by atoms with Gasteiger partial charge in [-0.05, 0) is 80.4 Å². The largest absolute Gasteiger partial charge is 0.144 e. The molecule has 1 heteroatoms. The maximum atomic E-state index is 2.43. The quantitative estimate of drug-likeness (QED) is 0.0974. The summed E-state index contributed by atoms with van der Waals surface area (Å²) in [6.45, 7) is 2.29. The molecule has 0 aliphatic carbocycles. The predicted molar refractivity (Wildman–Crippen MR) is 155 cm³/mol. The second kappa shape index (κ2) is 11.4. The van der Waals surface area contributed by atoms with Gasteiger partial charge in [-0.15, -0.1) is 11.3 Å². The number of benzene rings is 4. The van der Waals surface area contributed by atoms with Crippen molar-refractivity contribution in [1.82, 2.24) is 0 Å². The Labute approximate surface area is 209 Å². The van der Waals surface area contributed by atoms with Crippen molar-refractivity contribution in [3.05, 3.63) is 71.6 Å². The SMILES string of the molecule is CCCCCCCCCCCCCc1ccc2cc3c(ccc4c5ccsc5ccc34)cc2c1. The lowest BCUT2D eigenvalue weighted by atomic mass is 9.95. The first kappa shape index (κ1) is 23.4. The Morgan fingerprint density at radius 3 is 1.97 bits per heavy atom. The molecule has 5 rings (SSSR count). The Morgan fingerprint density at radius 2 is 1.18 bits per heavy atom. The van der Waals surface area contributed by atoms with E-state index in [9.17, 15) is 0 Å². The standard InChI is InChI=1S/C33H38S/c1-2-3-4-5-6-7-8-9-10-11-12-13-25-14-15-26-24-32-27(23-28(26)22-25)16-17-29-30(32)18-19-33-31(29)20-21-34-33/h14-24H,2-13H2,1H3. The molecule has 0 fully saturated rings. The number of aryl methyl sites for hydroxylation is 1. The fourth-order valence-electron chi connectivity index (χ4n) is 5.54. The molecule has 0 aliphatic heterocycles. The zero-order valence-corrected chi connectivity index (χ0v) is 21.6. The molecule has 0 saturated heterocycles. The second-order valence-electron chi connectivity index (χ2n) is 10.1. The zero-order valence-electron chi connectivity index (χ0n) is 20.7. The number of hydrogen-bond donors (Lipinski definition) is 0. The van der Waals surface area contributed by atoms with Crippen LogP contribution in [0.2, 0.25) is 0 Å². The van der Waals surface area contributed by atoms with Crippen molar-refractivity contribution in [2.75, 3.05) is 0 Å². The fraction of sp³-hybridized carbons (Fsp3) is 0.394. The number of rotatable bonds is 12. The van der Waals surface area contributed by atoms with Gasteiger partial charge in [0.05, 0.1) is 0 Å². The van der Waals surface area contributed by atoms with Gasteiger partial charge in [0.15, 0.2) is 0 Å². The molecular formula is C33H38S. The van der Waals surface area contributed by atoms with Crippen LogP contribution in [-0.4, -0.2) is 0 Å². The molecule has 4 aromatic carbocycles. The van der Waals surface area contributed by atoms with E-state index in [-0.39, 0.29) is 0 Å². The average molecular weight is 467 g/mol. The molecule has 5 aromatic rings. The third-order valence-corrected chi connectivity index (χ3v) is 8.42. The van der Waals surface area contributed by atoms with Crippen molar-refractivity contribution in [1.29, 1.82) is 0 Å². The molecule has 0 amide bonds. The fourth-order valence-corrected chi connectivity index (χ4v) is 6.34. The van der Waals surface area contributed by atoms with Crippen LogP contribution < -0.4 is 0 Å². The van der Waals surface area contributed by atoms with Crippen molar-refractivity contribution >= 4 is 53.7 Å². The lowest BCUT2D eigenvalue weighted by molar-refractivity contribution is 0.549. The number of unbranched alkanes of at least 4 members (excludes halogenated alkanes) is 10. The molecular weight excluding hydrogens is 428 g/mol. The third kappa shape index (κ3) is 5.31. The van der Waals surface area contributed by atoms with E-state index < -0.39 is 0 Å². The summed E-state index contributed by atoms with van der Waals surface area (Å²) in [6.07, 6.45) is 16.7. The van der Waals surface area contributed by atoms with Gasteiger partial charge in [-0.2, -0.15) is 0 Å². The van der Waals surface area contributed by atoms with Crippen molar-refractivity contribution in [2.45, 2.75) is 84.0 Å². The lowest BCUT2D eigenvalue weighted by Crippen LogP contribution is -1.88. The van der Waals surface area contributed by atoms with E-state index in [1.807, 2.05) is 11.3 Å². The van der Waals surface area contributed by atoms with Crippen LogP contribution >= 0.6 is 11.3 Å². The first-order valence-corrected chi connectivity index (χ1v) is 14.5. The molecule has 0 radical (unpaired) electrons. The van der Waals surface area contributed by atoms with Gasteiger partial charge in [-0.3, -0.25) is 0 Å². The summed E-state index contributed by atoms with van der Waals surface area (Å²) in [7, 11) is 0. The number of fused-ring (bicyclic) bond motifs is 6. The summed E-state index contributed by atoms with van der Waals surface area (Å²) in [5.41, 5.74) is 1.49. The normalized spacial score (nSPS) is 11.9. The Hall–Kier alpha value is -2.38. The number of thiophene rings is 1. The highest BCUT2D eigenvalue weighted by molar-refractivity contribution is 7.17. The summed E-state index contributed by atoms with van der Waals surface area (Å²) < 4.78 is 1.37. The lowest BCUT2D eigenvalue weighted by Gasteiger charge is -2.09. The first-order valence-electron chi connectivity index (χ1n) is 13.6. The monoisotopic (exact) mass is 466 g/mol. The predicted octanol–water partition coefficient (Wildman–Crippen LogP) is 11.2. The molecule has 1 aromatic heterocycles. The highest BCUT2D eigenvalue weighted by Crippen LogP contribution is 2.35. The summed E-state index contributed by atoms with van der Waals surface area (Å²) >= 11 is 1.83. The van der Waals surface area contributed by atoms with Gasteiger partial charge in [-0.1, -0.05) is 108 Å². The van der Waals surface area contributed by atoms with Gasteiger partial charge >= 0.3 is 0 Å². The van der Waals surface area contributed by atoms with Crippen LogP contribution in [0.5, 0.6) is 0 Å². The van der Waals surface area contributed by atoms with Crippen LogP contribution in [0.15, 0.2) is 66.0 Å². The molecule has 0 spiro atoms. The molecule has 0 bridgehead atoms. The van der Waals surface area contributed by atoms with E-state index in [0.29, 0.717) is 0 Å². The summed E-state index contributed by atoms with van der Waals surface area (Å²) in [5, 5.41) is 11.8. The van der Waals surface area contributed by atoms with E-state index in [4.69, 9.17) is 0 Å². The van der Waals surface area contributed by atoms with Crippen LogP contribution in [0.3, 0.4) is 0 Å². The zero-order chi connectivity index (χ0) is 23.2. The van der Waals surface area contributed by atoms with E-state index in [1.165, 1.54) is 125 Å². The van der Waals surface area contributed by atoms with Gasteiger partial charge in [-0.25, -0.2) is 0 Å². The molecule has 0 nitrogen and oxygen atoms in total. The van der Waals surface area contributed by atoms with Crippen LogP contribution in [-0.2, 0) is 6.42 Å². The Bertz CT molecular complexity index is 1370. The second-order valence-corrected chi connectivity index (χ2v) is 11.0. The average Bonchev–Trinajstić information content (AvgIpc) is 3.35. The van der Waals surface area contributed by atoms with E-state index in [1.54, 1.807) is 0 Å². The molecule has 176 valence electrons. The molecule has 0 saturated carbocycles. The minimum Gasteiger partial charge on any atom is -0.144 e. The van der Waals surface area contributed by atoms with Crippen LogP contribution in [0, 0.1) is 0 Å². The van der Waals surface area contributed by atoms with E-state index in [2.05, 4.69) is 73.0 Å². The summed E-state index contributed by atoms with van der Waals surface area (Å²) in [6, 6.07) is 23.4.